The van der Waals surface area contributed by atoms with Gasteiger partial charge < -0.3 is 5.32 Å². The molecule has 4 nitrogen and oxygen atoms in total. The van der Waals surface area contributed by atoms with Gasteiger partial charge in [-0.25, -0.2) is 8.42 Å². The second-order valence-corrected chi connectivity index (χ2v) is 12.8. The van der Waals surface area contributed by atoms with Gasteiger partial charge in [-0.3, -0.25) is 0 Å². The van der Waals surface area contributed by atoms with Crippen LogP contribution in [0.3, 0.4) is 0 Å². The van der Waals surface area contributed by atoms with Crippen LogP contribution in [-0.2, 0) is 10.0 Å². The van der Waals surface area contributed by atoms with Crippen LogP contribution in [-0.4, -0.2) is 53.7 Å². The highest BCUT2D eigenvalue weighted by atomic mass is 127. The zero-order chi connectivity index (χ0) is 12.4. The third-order valence-electron chi connectivity index (χ3n) is 2.79. The van der Waals surface area contributed by atoms with E-state index in [2.05, 4.69) is 43.8 Å². The lowest BCUT2D eigenvalue weighted by atomic mass is 10.3. The standard InChI is InChI=1S/C8H19IN2O2P2S/c1-3-16(12,13)11-5-4-10-7(6-11)8(9,14)15-2/h7,10,15H,3-6,14H2,1-2H3. The van der Waals surface area contributed by atoms with Gasteiger partial charge in [0, 0.05) is 25.7 Å². The van der Waals surface area contributed by atoms with Crippen LogP contribution in [0.25, 0.3) is 0 Å². The van der Waals surface area contributed by atoms with E-state index in [4.69, 9.17) is 0 Å². The van der Waals surface area contributed by atoms with Crippen LogP contribution in [0.5, 0.6) is 0 Å². The minimum atomic E-state index is -3.04. The molecule has 1 aliphatic heterocycles. The molecule has 0 aliphatic carbocycles. The molecule has 16 heavy (non-hydrogen) atoms. The number of nitrogens with one attached hydrogen (secondary N) is 1. The monoisotopic (exact) mass is 396 g/mol. The predicted molar refractivity (Wildman–Crippen MR) is 83.5 cm³/mol. The van der Waals surface area contributed by atoms with E-state index < -0.39 is 10.0 Å². The highest BCUT2D eigenvalue weighted by Gasteiger charge is 2.36. The molecule has 0 amide bonds. The van der Waals surface area contributed by atoms with Gasteiger partial charge in [0.05, 0.1) is 8.66 Å². The molecule has 4 atom stereocenters. The molecule has 96 valence electrons. The zero-order valence-electron chi connectivity index (χ0n) is 9.53. The van der Waals surface area contributed by atoms with Crippen molar-refractivity contribution in [3.63, 3.8) is 0 Å². The minimum Gasteiger partial charge on any atom is -0.309 e. The number of nitrogens with zero attached hydrogens (tertiary/aromatic N) is 1. The van der Waals surface area contributed by atoms with Crippen LogP contribution < -0.4 is 5.32 Å². The topological polar surface area (TPSA) is 49.4 Å². The second kappa shape index (κ2) is 6.07. The molecule has 1 fully saturated rings. The quantitative estimate of drug-likeness (QED) is 0.436. The van der Waals surface area contributed by atoms with Gasteiger partial charge in [0.1, 0.15) is 0 Å². The van der Waals surface area contributed by atoms with E-state index in [0.29, 0.717) is 13.1 Å². The average molecular weight is 396 g/mol. The van der Waals surface area contributed by atoms with E-state index in [1.165, 1.54) is 0 Å². The van der Waals surface area contributed by atoms with E-state index in [9.17, 15) is 8.42 Å². The second-order valence-electron chi connectivity index (χ2n) is 3.78. The molecule has 1 aliphatic rings. The predicted octanol–water partition coefficient (Wildman–Crippen LogP) is 0.882. The Morgan fingerprint density at radius 2 is 2.31 bits per heavy atom. The number of rotatable bonds is 4. The molecular formula is C8H19IN2O2P2S. The molecule has 0 radical (unpaired) electrons. The zero-order valence-corrected chi connectivity index (χ0v) is 14.7. The summed E-state index contributed by atoms with van der Waals surface area (Å²) in [5.41, 5.74) is 0. The van der Waals surface area contributed by atoms with Crippen molar-refractivity contribution in [3.05, 3.63) is 0 Å². The molecule has 4 unspecified atom stereocenters. The molecule has 0 saturated carbocycles. The highest BCUT2D eigenvalue weighted by molar-refractivity contribution is 14.1. The van der Waals surface area contributed by atoms with E-state index in [1.54, 1.807) is 11.2 Å². The van der Waals surface area contributed by atoms with Crippen LogP contribution in [0.4, 0.5) is 0 Å². The van der Waals surface area contributed by atoms with Crippen molar-refractivity contribution in [1.29, 1.82) is 0 Å². The van der Waals surface area contributed by atoms with Gasteiger partial charge in [0.2, 0.25) is 10.0 Å². The van der Waals surface area contributed by atoms with Crippen molar-refractivity contribution in [3.8, 4) is 0 Å². The molecule has 0 aromatic rings. The molecule has 0 bridgehead atoms. The summed E-state index contributed by atoms with van der Waals surface area (Å²) in [6, 6.07) is 0.219. The third-order valence-corrected chi connectivity index (χ3v) is 9.39. The van der Waals surface area contributed by atoms with Crippen molar-refractivity contribution < 1.29 is 8.42 Å². The van der Waals surface area contributed by atoms with E-state index in [0.717, 1.165) is 15.1 Å². The summed E-state index contributed by atoms with van der Waals surface area (Å²) in [5, 5.41) is 3.41. The van der Waals surface area contributed by atoms with Gasteiger partial charge in [-0.15, -0.1) is 17.8 Å². The van der Waals surface area contributed by atoms with Crippen molar-refractivity contribution in [2.75, 3.05) is 32.1 Å². The fourth-order valence-electron chi connectivity index (χ4n) is 1.61. The van der Waals surface area contributed by atoms with Gasteiger partial charge in [0.25, 0.3) is 0 Å². The molecule has 1 heterocycles. The van der Waals surface area contributed by atoms with Gasteiger partial charge in [-0.05, 0) is 13.6 Å². The Kier molecular flexibility index (Phi) is 5.89. The Hall–Kier alpha value is 1.46. The van der Waals surface area contributed by atoms with E-state index in [1.807, 2.05) is 0 Å². The number of sulfonamides is 1. The number of halogens is 1. The number of hydrogen-bond acceptors (Lipinski definition) is 3. The van der Waals surface area contributed by atoms with E-state index >= 15 is 0 Å². The highest BCUT2D eigenvalue weighted by Crippen LogP contribution is 2.46. The molecule has 8 heteroatoms. The van der Waals surface area contributed by atoms with Crippen LogP contribution in [0.2, 0.25) is 0 Å². The number of alkyl halides is 1. The smallest absolute Gasteiger partial charge is 0.213 e. The minimum absolute atomic E-state index is 0.0552. The lowest BCUT2D eigenvalue weighted by molar-refractivity contribution is 0.306. The first-order valence-corrected chi connectivity index (χ1v) is 9.98. The number of hydrogen-bond donors (Lipinski definition) is 1. The summed E-state index contributed by atoms with van der Waals surface area (Å²) in [6.07, 6.45) is 0. The Morgan fingerprint density at radius 3 is 2.81 bits per heavy atom. The van der Waals surface area contributed by atoms with Gasteiger partial charge in [-0.2, -0.15) is 4.31 Å². The van der Waals surface area contributed by atoms with Gasteiger partial charge >= 0.3 is 0 Å². The summed E-state index contributed by atoms with van der Waals surface area (Å²) in [7, 11) is 0.563. The Bertz CT molecular complexity index is 337. The summed E-state index contributed by atoms with van der Waals surface area (Å²) in [5.74, 6) is 0.194. The van der Waals surface area contributed by atoms with Crippen molar-refractivity contribution in [1.82, 2.24) is 9.62 Å². The van der Waals surface area contributed by atoms with Crippen molar-refractivity contribution in [2.24, 2.45) is 0 Å². The largest absolute Gasteiger partial charge is 0.309 e. The summed E-state index contributed by atoms with van der Waals surface area (Å²) < 4.78 is 25.3. The molecular weight excluding hydrogens is 377 g/mol. The molecule has 1 rings (SSSR count). The summed E-state index contributed by atoms with van der Waals surface area (Å²) in [4.78, 5) is 0. The lowest BCUT2D eigenvalue weighted by Gasteiger charge is -2.39. The normalized spacial score (nSPS) is 28.4. The fourth-order valence-corrected chi connectivity index (χ4v) is 3.91. The first-order valence-electron chi connectivity index (χ1n) is 5.21. The van der Waals surface area contributed by atoms with Crippen LogP contribution in [0.1, 0.15) is 6.92 Å². The maximum atomic E-state index is 11.8. The van der Waals surface area contributed by atoms with E-state index in [-0.39, 0.29) is 14.7 Å². The molecule has 0 aromatic heterocycles. The van der Waals surface area contributed by atoms with Crippen LogP contribution in [0, 0.1) is 0 Å². The Balaban J connectivity index is 2.75. The number of piperazine rings is 1. The molecule has 0 spiro atoms. The molecule has 1 N–H and O–H groups in total. The third kappa shape index (κ3) is 3.72. The Labute approximate surface area is 116 Å². The van der Waals surface area contributed by atoms with Crippen molar-refractivity contribution in [2.45, 2.75) is 15.9 Å². The van der Waals surface area contributed by atoms with Crippen LogP contribution in [0.15, 0.2) is 0 Å². The first-order chi connectivity index (χ1) is 7.33. The van der Waals surface area contributed by atoms with Crippen LogP contribution >= 0.6 is 40.4 Å². The van der Waals surface area contributed by atoms with Crippen molar-refractivity contribution >= 4 is 50.4 Å². The van der Waals surface area contributed by atoms with Gasteiger partial charge in [-0.1, -0.05) is 22.6 Å². The Morgan fingerprint density at radius 1 is 1.69 bits per heavy atom. The molecule has 1 saturated heterocycles. The summed E-state index contributed by atoms with van der Waals surface area (Å²) >= 11 is 2.40. The average Bonchev–Trinajstić information content (AvgIpc) is 2.29. The molecule has 0 aromatic carbocycles. The lowest BCUT2D eigenvalue weighted by Crippen LogP contribution is -2.57. The summed E-state index contributed by atoms with van der Waals surface area (Å²) in [6.45, 7) is 5.77. The fraction of sp³-hybridized carbons (Fsp3) is 1.00. The SMILES string of the molecule is CCS(=O)(=O)N1CCNC(C(P)(I)PC)C1. The maximum Gasteiger partial charge on any atom is 0.213 e. The van der Waals surface area contributed by atoms with Gasteiger partial charge in [0.15, 0.2) is 0 Å². The first kappa shape index (κ1) is 15.5. The maximum absolute atomic E-state index is 11.8.